The van der Waals surface area contributed by atoms with Crippen molar-refractivity contribution in [1.82, 2.24) is 5.32 Å². The third kappa shape index (κ3) is 9.33. The number of nitrogens with one attached hydrogen (secondary N) is 1. The zero-order chi connectivity index (χ0) is 29.1. The van der Waals surface area contributed by atoms with E-state index in [0.717, 1.165) is 16.7 Å². The largest absolute Gasteiger partial charge is 0.374 e. The van der Waals surface area contributed by atoms with Gasteiger partial charge in [-0.05, 0) is 22.2 Å². The molecule has 1 aliphatic rings. The SMILES string of the molecule is [N-]=[N+]=NC1[C@H](NC(=O)C(Cl)(Cl)Cl)OC(COCc2ccccc2)[C@H](OCc2ccccc2)[C@@H]1OCc1ccccc1. The van der Waals surface area contributed by atoms with Gasteiger partial charge >= 0.3 is 0 Å². The fourth-order valence-electron chi connectivity index (χ4n) is 4.37. The summed E-state index contributed by atoms with van der Waals surface area (Å²) in [7, 11) is 0. The van der Waals surface area contributed by atoms with Crippen LogP contribution >= 0.6 is 34.8 Å². The van der Waals surface area contributed by atoms with Crippen molar-refractivity contribution >= 4 is 40.7 Å². The van der Waals surface area contributed by atoms with Gasteiger partial charge in [-0.15, -0.1) is 0 Å². The molecular weight excluding hydrogens is 591 g/mol. The predicted octanol–water partition coefficient (Wildman–Crippen LogP) is 6.26. The Bertz CT molecular complexity index is 1280. The Balaban J connectivity index is 1.63. The summed E-state index contributed by atoms with van der Waals surface area (Å²) in [4.78, 5) is 15.6. The van der Waals surface area contributed by atoms with Crippen LogP contribution in [0.3, 0.4) is 0 Å². The summed E-state index contributed by atoms with van der Waals surface area (Å²) in [5, 5.41) is 6.47. The normalized spacial score (nSPS) is 22.5. The van der Waals surface area contributed by atoms with Crippen LogP contribution in [-0.2, 0) is 43.6 Å². The maximum atomic E-state index is 12.6. The minimum Gasteiger partial charge on any atom is -0.374 e. The minimum absolute atomic E-state index is 0.0721. The fourth-order valence-corrected chi connectivity index (χ4v) is 4.53. The second-order valence-electron chi connectivity index (χ2n) is 9.29. The molecule has 12 heteroatoms. The molecule has 41 heavy (non-hydrogen) atoms. The molecule has 3 aromatic carbocycles. The van der Waals surface area contributed by atoms with Crippen LogP contribution in [0.1, 0.15) is 16.7 Å². The third-order valence-corrected chi connectivity index (χ3v) is 6.85. The molecular formula is C29H29Cl3N4O5. The highest BCUT2D eigenvalue weighted by Crippen LogP contribution is 2.32. The molecule has 5 atom stereocenters. The number of halogens is 3. The number of carbonyl (C=O) groups is 1. The summed E-state index contributed by atoms with van der Waals surface area (Å²) in [5.74, 6) is -0.944. The number of carbonyl (C=O) groups excluding carboxylic acids is 1. The number of rotatable bonds is 12. The van der Waals surface area contributed by atoms with E-state index in [2.05, 4.69) is 15.3 Å². The molecule has 2 unspecified atom stereocenters. The van der Waals surface area contributed by atoms with Gasteiger partial charge in [-0.3, -0.25) is 4.79 Å². The first-order valence-electron chi connectivity index (χ1n) is 12.8. The minimum atomic E-state index is -2.27. The van der Waals surface area contributed by atoms with Gasteiger partial charge in [0.1, 0.15) is 24.5 Å². The second kappa shape index (κ2) is 15.4. The topological polar surface area (TPSA) is 115 Å². The number of nitrogens with zero attached hydrogens (tertiary/aromatic N) is 3. The molecule has 1 amide bonds. The highest BCUT2D eigenvalue weighted by Gasteiger charge is 2.49. The van der Waals surface area contributed by atoms with E-state index in [0.29, 0.717) is 6.61 Å². The van der Waals surface area contributed by atoms with Crippen LogP contribution in [0.5, 0.6) is 0 Å². The van der Waals surface area contributed by atoms with Crippen LogP contribution in [0, 0.1) is 0 Å². The van der Waals surface area contributed by atoms with Crippen molar-refractivity contribution in [2.75, 3.05) is 6.61 Å². The summed E-state index contributed by atoms with van der Waals surface area (Å²) in [5.41, 5.74) is 12.2. The van der Waals surface area contributed by atoms with Crippen molar-refractivity contribution in [3.05, 3.63) is 118 Å². The number of azide groups is 1. The van der Waals surface area contributed by atoms with Crippen LogP contribution in [0.25, 0.3) is 10.4 Å². The maximum Gasteiger partial charge on any atom is 0.274 e. The van der Waals surface area contributed by atoms with Gasteiger partial charge in [0, 0.05) is 4.91 Å². The molecule has 9 nitrogen and oxygen atoms in total. The summed E-state index contributed by atoms with van der Waals surface area (Å²) in [6, 6.07) is 27.7. The van der Waals surface area contributed by atoms with Gasteiger partial charge in [0.05, 0.1) is 32.5 Å². The van der Waals surface area contributed by atoms with E-state index < -0.39 is 40.3 Å². The summed E-state index contributed by atoms with van der Waals surface area (Å²) in [6.45, 7) is 0.787. The van der Waals surface area contributed by atoms with Crippen molar-refractivity contribution in [3.63, 3.8) is 0 Å². The lowest BCUT2D eigenvalue weighted by atomic mass is 9.95. The van der Waals surface area contributed by atoms with Crippen LogP contribution in [0.15, 0.2) is 96.1 Å². The first-order chi connectivity index (χ1) is 19.8. The van der Waals surface area contributed by atoms with Crippen molar-refractivity contribution in [3.8, 4) is 0 Å². The quantitative estimate of drug-likeness (QED) is 0.111. The predicted molar refractivity (Wildman–Crippen MR) is 156 cm³/mol. The monoisotopic (exact) mass is 618 g/mol. The number of amides is 1. The molecule has 1 N–H and O–H groups in total. The molecule has 1 fully saturated rings. The van der Waals surface area contributed by atoms with E-state index in [9.17, 15) is 10.3 Å². The average Bonchev–Trinajstić information content (AvgIpc) is 2.98. The van der Waals surface area contributed by atoms with Crippen LogP contribution < -0.4 is 5.32 Å². The van der Waals surface area contributed by atoms with Gasteiger partial charge in [0.25, 0.3) is 9.70 Å². The molecule has 0 aromatic heterocycles. The molecule has 4 rings (SSSR count). The molecule has 216 valence electrons. The van der Waals surface area contributed by atoms with E-state index >= 15 is 0 Å². The Morgan fingerprint density at radius 2 is 1.32 bits per heavy atom. The zero-order valence-electron chi connectivity index (χ0n) is 21.9. The molecule has 1 saturated heterocycles. The Morgan fingerprint density at radius 1 is 0.829 bits per heavy atom. The Labute approximate surface area is 253 Å². The van der Waals surface area contributed by atoms with Gasteiger partial charge in [-0.1, -0.05) is 131 Å². The van der Waals surface area contributed by atoms with Crippen LogP contribution in [0.4, 0.5) is 0 Å². The number of hydrogen-bond donors (Lipinski definition) is 1. The molecule has 1 heterocycles. The summed E-state index contributed by atoms with van der Waals surface area (Å²) in [6.07, 6.45) is -3.58. The van der Waals surface area contributed by atoms with E-state index in [4.69, 9.17) is 53.8 Å². The van der Waals surface area contributed by atoms with Crippen molar-refractivity contribution < 1.29 is 23.7 Å². The molecule has 0 bridgehead atoms. The van der Waals surface area contributed by atoms with E-state index in [-0.39, 0.29) is 19.8 Å². The molecule has 0 aliphatic carbocycles. The number of hydrogen-bond acceptors (Lipinski definition) is 6. The number of alkyl halides is 3. The van der Waals surface area contributed by atoms with E-state index in [1.54, 1.807) is 0 Å². The van der Waals surface area contributed by atoms with E-state index in [1.807, 2.05) is 91.0 Å². The van der Waals surface area contributed by atoms with Crippen molar-refractivity contribution in [2.24, 2.45) is 5.11 Å². The standard InChI is InChI=1S/C29H29Cl3N4O5/c30-29(31,32)28(37)34-27-24(35-36-33)26(40-18-22-14-8-3-9-15-22)25(39-17-21-12-6-2-7-13-21)23(41-27)19-38-16-20-10-4-1-5-11-20/h1-15,23-27H,16-19H2,(H,34,37)/t23?,24?,25-,26+,27+/m0/s1. The van der Waals surface area contributed by atoms with Crippen LogP contribution in [0.2, 0.25) is 0 Å². The number of benzene rings is 3. The maximum absolute atomic E-state index is 12.6. The smallest absolute Gasteiger partial charge is 0.274 e. The molecule has 0 saturated carbocycles. The lowest BCUT2D eigenvalue weighted by molar-refractivity contribution is -0.233. The highest BCUT2D eigenvalue weighted by atomic mass is 35.6. The molecule has 3 aromatic rings. The molecule has 0 radical (unpaired) electrons. The lowest BCUT2D eigenvalue weighted by Gasteiger charge is -2.45. The van der Waals surface area contributed by atoms with Gasteiger partial charge in [0.2, 0.25) is 0 Å². The van der Waals surface area contributed by atoms with Gasteiger partial charge in [0.15, 0.2) is 0 Å². The molecule has 0 spiro atoms. The Morgan fingerprint density at radius 3 is 1.80 bits per heavy atom. The second-order valence-corrected chi connectivity index (χ2v) is 11.6. The summed E-state index contributed by atoms with van der Waals surface area (Å²) < 4.78 is 22.7. The number of ether oxygens (including phenoxy) is 4. The Kier molecular flexibility index (Phi) is 11.7. The van der Waals surface area contributed by atoms with Crippen molar-refractivity contribution in [2.45, 2.75) is 54.2 Å². The first-order valence-corrected chi connectivity index (χ1v) is 14.0. The zero-order valence-corrected chi connectivity index (χ0v) is 24.2. The molecule has 1 aliphatic heterocycles. The highest BCUT2D eigenvalue weighted by molar-refractivity contribution is 6.76. The van der Waals surface area contributed by atoms with Gasteiger partial charge < -0.3 is 24.3 Å². The third-order valence-electron chi connectivity index (χ3n) is 6.34. The van der Waals surface area contributed by atoms with Crippen LogP contribution in [-0.4, -0.2) is 46.9 Å². The first kappa shape index (κ1) is 31.1. The Hall–Kier alpha value is -2.85. The van der Waals surface area contributed by atoms with Crippen molar-refractivity contribution in [1.29, 1.82) is 0 Å². The van der Waals surface area contributed by atoms with E-state index in [1.165, 1.54) is 0 Å². The lowest BCUT2D eigenvalue weighted by Crippen LogP contribution is -2.64. The van der Waals surface area contributed by atoms with Gasteiger partial charge in [-0.2, -0.15) is 0 Å². The summed E-state index contributed by atoms with van der Waals surface area (Å²) >= 11 is 17.5. The average molecular weight is 620 g/mol. The van der Waals surface area contributed by atoms with Gasteiger partial charge in [-0.25, -0.2) is 0 Å². The fraction of sp³-hybridized carbons (Fsp3) is 0.345.